The summed E-state index contributed by atoms with van der Waals surface area (Å²) in [5.41, 5.74) is 1.80. The van der Waals surface area contributed by atoms with E-state index in [1.54, 1.807) is 29.2 Å². The van der Waals surface area contributed by atoms with Crippen LogP contribution in [0.3, 0.4) is 0 Å². The third-order valence-electron chi connectivity index (χ3n) is 6.25. The second-order valence-electron chi connectivity index (χ2n) is 8.50. The van der Waals surface area contributed by atoms with Crippen molar-refractivity contribution >= 4 is 11.6 Å². The Morgan fingerprint density at radius 2 is 1.48 bits per heavy atom. The molecule has 2 aromatic rings. The van der Waals surface area contributed by atoms with Crippen LogP contribution in [0, 0.1) is 11.6 Å². The minimum atomic E-state index is -1.15. The van der Waals surface area contributed by atoms with Crippen molar-refractivity contribution in [1.29, 1.82) is 0 Å². The molecule has 0 saturated carbocycles. The number of nitrogens with zero attached hydrogens (tertiary/aromatic N) is 2. The molecule has 0 unspecified atom stereocenters. The highest BCUT2D eigenvalue weighted by Gasteiger charge is 2.43. The lowest BCUT2D eigenvalue weighted by atomic mass is 10.0. The van der Waals surface area contributed by atoms with E-state index in [4.69, 9.17) is 4.74 Å². The molecule has 0 spiro atoms. The van der Waals surface area contributed by atoms with Crippen molar-refractivity contribution in [2.45, 2.75) is 37.4 Å². The summed E-state index contributed by atoms with van der Waals surface area (Å²) >= 11 is 0. The molecule has 4 atom stereocenters. The Balaban J connectivity index is 1.22. The van der Waals surface area contributed by atoms with Crippen LogP contribution in [0.5, 0.6) is 0 Å². The van der Waals surface area contributed by atoms with E-state index in [0.29, 0.717) is 32.7 Å². The molecule has 2 aliphatic rings. The predicted molar refractivity (Wildman–Crippen MR) is 119 cm³/mol. The molecule has 0 radical (unpaired) electrons. The summed E-state index contributed by atoms with van der Waals surface area (Å²) in [5, 5.41) is 23.9. The Morgan fingerprint density at radius 3 is 2.12 bits per heavy atom. The third-order valence-corrected chi connectivity index (χ3v) is 6.25. The monoisotopic (exact) mass is 461 g/mol. The average Bonchev–Trinajstić information content (AvgIpc) is 3.09. The Kier molecular flexibility index (Phi) is 7.54. The number of aliphatic hydroxyl groups excluding tert-OH is 2. The first-order valence-corrected chi connectivity index (χ1v) is 11.2. The molecule has 2 heterocycles. The van der Waals surface area contributed by atoms with Gasteiger partial charge in [-0.25, -0.2) is 8.78 Å². The van der Waals surface area contributed by atoms with E-state index >= 15 is 0 Å². The maximum atomic E-state index is 13.1. The number of aliphatic hydroxyl groups is 2. The summed E-state index contributed by atoms with van der Waals surface area (Å²) in [4.78, 5) is 16.6. The molecule has 1 amide bonds. The van der Waals surface area contributed by atoms with Crippen molar-refractivity contribution in [2.24, 2.45) is 0 Å². The number of benzene rings is 2. The van der Waals surface area contributed by atoms with E-state index in [9.17, 15) is 23.8 Å². The molecule has 178 valence electrons. The molecular weight excluding hydrogens is 432 g/mol. The molecule has 9 heteroatoms. The van der Waals surface area contributed by atoms with Crippen LogP contribution in [0.15, 0.2) is 48.5 Å². The summed E-state index contributed by atoms with van der Waals surface area (Å²) in [5.74, 6) is -0.723. The minimum Gasteiger partial charge on any atom is -0.388 e. The second kappa shape index (κ2) is 10.6. The summed E-state index contributed by atoms with van der Waals surface area (Å²) in [6.45, 7) is 3.05. The molecular formula is C24H29F2N3O4. The standard InChI is InChI=1S/C24H29F2N3O4/c25-17-3-1-16(2-4-17)14-27-15-21-24(32)23(31)20(33-21)13-22(30)29-11-9-28(10-12-29)19-7-5-18(26)6-8-19/h1-8,20-21,23-24,27,31-32H,9-15H2/t20-,21-,23-,24+/m0/s1. The van der Waals surface area contributed by atoms with Gasteiger partial charge in [-0.2, -0.15) is 0 Å². The van der Waals surface area contributed by atoms with Gasteiger partial charge in [-0.3, -0.25) is 4.79 Å². The number of carbonyl (C=O) groups excluding carboxylic acids is 1. The maximum Gasteiger partial charge on any atom is 0.225 e. The van der Waals surface area contributed by atoms with Gasteiger partial charge < -0.3 is 30.1 Å². The second-order valence-corrected chi connectivity index (χ2v) is 8.50. The molecule has 0 bridgehead atoms. The zero-order valence-corrected chi connectivity index (χ0v) is 18.2. The van der Waals surface area contributed by atoms with Gasteiger partial charge in [0.05, 0.1) is 18.6 Å². The fourth-order valence-corrected chi connectivity index (χ4v) is 4.29. The summed E-state index contributed by atoms with van der Waals surface area (Å²) in [6, 6.07) is 12.4. The van der Waals surface area contributed by atoms with Crippen LogP contribution in [0.4, 0.5) is 14.5 Å². The zero-order valence-electron chi connectivity index (χ0n) is 18.2. The van der Waals surface area contributed by atoms with Gasteiger partial charge in [0.2, 0.25) is 5.91 Å². The van der Waals surface area contributed by atoms with Gasteiger partial charge in [0.15, 0.2) is 0 Å². The predicted octanol–water partition coefficient (Wildman–Crippen LogP) is 1.28. The highest BCUT2D eigenvalue weighted by molar-refractivity contribution is 5.77. The Bertz CT molecular complexity index is 920. The fourth-order valence-electron chi connectivity index (χ4n) is 4.29. The van der Waals surface area contributed by atoms with E-state index in [0.717, 1.165) is 11.3 Å². The first kappa shape index (κ1) is 23.6. The number of ether oxygens (including phenoxy) is 1. The summed E-state index contributed by atoms with van der Waals surface area (Å²) < 4.78 is 31.9. The quantitative estimate of drug-likeness (QED) is 0.576. The van der Waals surface area contributed by atoms with Gasteiger partial charge in [0.25, 0.3) is 0 Å². The number of hydrogen-bond acceptors (Lipinski definition) is 6. The number of nitrogens with one attached hydrogen (secondary N) is 1. The summed E-state index contributed by atoms with van der Waals surface area (Å²) in [7, 11) is 0. The van der Waals surface area contributed by atoms with E-state index in [-0.39, 0.29) is 30.5 Å². The van der Waals surface area contributed by atoms with Gasteiger partial charge in [0.1, 0.15) is 23.8 Å². The van der Waals surface area contributed by atoms with Crippen molar-refractivity contribution in [3.63, 3.8) is 0 Å². The largest absolute Gasteiger partial charge is 0.388 e. The zero-order chi connectivity index (χ0) is 23.4. The number of piperazine rings is 1. The molecule has 2 aliphatic heterocycles. The average molecular weight is 462 g/mol. The first-order valence-electron chi connectivity index (χ1n) is 11.2. The number of amides is 1. The van der Waals surface area contributed by atoms with Crippen LogP contribution >= 0.6 is 0 Å². The number of hydrogen-bond donors (Lipinski definition) is 3. The van der Waals surface area contributed by atoms with E-state index < -0.39 is 24.4 Å². The van der Waals surface area contributed by atoms with Gasteiger partial charge >= 0.3 is 0 Å². The van der Waals surface area contributed by atoms with E-state index in [1.165, 1.54) is 24.3 Å². The van der Waals surface area contributed by atoms with E-state index in [2.05, 4.69) is 10.2 Å². The maximum absolute atomic E-state index is 13.1. The minimum absolute atomic E-state index is 0.0107. The number of halogens is 2. The number of carbonyl (C=O) groups is 1. The first-order chi connectivity index (χ1) is 15.9. The van der Waals surface area contributed by atoms with Crippen LogP contribution in [0.25, 0.3) is 0 Å². The Morgan fingerprint density at radius 1 is 0.909 bits per heavy atom. The van der Waals surface area contributed by atoms with Crippen molar-refractivity contribution in [2.75, 3.05) is 37.6 Å². The Labute approximate surface area is 191 Å². The van der Waals surface area contributed by atoms with Crippen LogP contribution in [0.2, 0.25) is 0 Å². The molecule has 0 aliphatic carbocycles. The lowest BCUT2D eigenvalue weighted by Gasteiger charge is -2.36. The topological polar surface area (TPSA) is 85.3 Å². The van der Waals surface area contributed by atoms with Gasteiger partial charge in [-0.05, 0) is 42.0 Å². The van der Waals surface area contributed by atoms with Crippen molar-refractivity contribution in [3.05, 3.63) is 65.7 Å². The normalized spacial score (nSPS) is 25.5. The van der Waals surface area contributed by atoms with Gasteiger partial charge in [0, 0.05) is 45.0 Å². The molecule has 7 nitrogen and oxygen atoms in total. The third kappa shape index (κ3) is 5.86. The molecule has 2 saturated heterocycles. The van der Waals surface area contributed by atoms with Crippen LogP contribution < -0.4 is 10.2 Å². The highest BCUT2D eigenvalue weighted by Crippen LogP contribution is 2.25. The Hall–Kier alpha value is -2.59. The van der Waals surface area contributed by atoms with Gasteiger partial charge in [-0.15, -0.1) is 0 Å². The van der Waals surface area contributed by atoms with Crippen LogP contribution in [0.1, 0.15) is 12.0 Å². The lowest BCUT2D eigenvalue weighted by Crippen LogP contribution is -2.49. The highest BCUT2D eigenvalue weighted by atomic mass is 19.1. The van der Waals surface area contributed by atoms with Crippen molar-refractivity contribution < 1.29 is 28.5 Å². The van der Waals surface area contributed by atoms with Gasteiger partial charge in [-0.1, -0.05) is 12.1 Å². The molecule has 0 aromatic heterocycles. The smallest absolute Gasteiger partial charge is 0.225 e. The molecule has 2 aromatic carbocycles. The lowest BCUT2D eigenvalue weighted by molar-refractivity contribution is -0.135. The SMILES string of the molecule is O=C(C[C@@H]1O[C@@H](CNCc2ccc(F)cc2)[C@@H](O)[C@H]1O)N1CCN(c2ccc(F)cc2)CC1. The fraction of sp³-hybridized carbons (Fsp3) is 0.458. The number of anilines is 1. The van der Waals surface area contributed by atoms with Crippen molar-refractivity contribution in [1.82, 2.24) is 10.2 Å². The molecule has 33 heavy (non-hydrogen) atoms. The summed E-state index contributed by atoms with van der Waals surface area (Å²) in [6.07, 6.45) is -3.68. The number of rotatable bonds is 7. The molecule has 4 rings (SSSR count). The molecule has 3 N–H and O–H groups in total. The van der Waals surface area contributed by atoms with E-state index in [1.807, 2.05) is 0 Å². The molecule has 2 fully saturated rings. The van der Waals surface area contributed by atoms with Crippen molar-refractivity contribution in [3.8, 4) is 0 Å². The van der Waals surface area contributed by atoms with Crippen LogP contribution in [-0.4, -0.2) is 78.2 Å². The van der Waals surface area contributed by atoms with Crippen LogP contribution in [-0.2, 0) is 16.1 Å².